The van der Waals surface area contributed by atoms with Gasteiger partial charge < -0.3 is 4.74 Å². The van der Waals surface area contributed by atoms with E-state index in [1.807, 2.05) is 0 Å². The van der Waals surface area contributed by atoms with E-state index in [4.69, 9.17) is 4.74 Å². The zero-order valence-electron chi connectivity index (χ0n) is 12.2. The van der Waals surface area contributed by atoms with Crippen LogP contribution in [-0.4, -0.2) is 12.1 Å². The first-order valence-electron chi connectivity index (χ1n) is 7.55. The molecular weight excluding hydrogens is 224 g/mol. The highest BCUT2D eigenvalue weighted by Gasteiger charge is 2.62. The zero-order valence-corrected chi connectivity index (χ0v) is 12.2. The Labute approximate surface area is 110 Å². The molecule has 1 heterocycles. The van der Waals surface area contributed by atoms with E-state index >= 15 is 0 Å². The molecule has 3 rings (SSSR count). The molecule has 18 heavy (non-hydrogen) atoms. The van der Waals surface area contributed by atoms with Crippen LogP contribution in [0.5, 0.6) is 0 Å². The predicted molar refractivity (Wildman–Crippen MR) is 71.0 cm³/mol. The van der Waals surface area contributed by atoms with Gasteiger partial charge in [0, 0.05) is 11.3 Å². The number of hydrogen-bond acceptors (Lipinski definition) is 2. The van der Waals surface area contributed by atoms with E-state index < -0.39 is 0 Å². The van der Waals surface area contributed by atoms with Gasteiger partial charge in [-0.2, -0.15) is 0 Å². The SMILES string of the molecule is CC1(C)CC2CCCCC2C2C1OC(=O)C2(C)C. The van der Waals surface area contributed by atoms with Crippen LogP contribution < -0.4 is 0 Å². The Balaban J connectivity index is 2.00. The number of fused-ring (bicyclic) bond motifs is 3. The van der Waals surface area contributed by atoms with Crippen LogP contribution in [0.1, 0.15) is 59.8 Å². The Bertz CT molecular complexity index is 369. The summed E-state index contributed by atoms with van der Waals surface area (Å²) in [6.07, 6.45) is 6.78. The topological polar surface area (TPSA) is 26.3 Å². The Morgan fingerprint density at radius 1 is 1.11 bits per heavy atom. The number of carbonyl (C=O) groups is 1. The largest absolute Gasteiger partial charge is 0.461 e. The van der Waals surface area contributed by atoms with Crippen molar-refractivity contribution in [3.63, 3.8) is 0 Å². The van der Waals surface area contributed by atoms with E-state index in [0.29, 0.717) is 5.92 Å². The average molecular weight is 250 g/mol. The van der Waals surface area contributed by atoms with Gasteiger partial charge in [-0.3, -0.25) is 4.79 Å². The lowest BCUT2D eigenvalue weighted by Crippen LogP contribution is -2.50. The van der Waals surface area contributed by atoms with Crippen LogP contribution in [0.15, 0.2) is 0 Å². The van der Waals surface area contributed by atoms with Gasteiger partial charge >= 0.3 is 5.97 Å². The molecule has 2 saturated carbocycles. The van der Waals surface area contributed by atoms with Crippen molar-refractivity contribution in [2.45, 2.75) is 65.9 Å². The molecule has 0 radical (unpaired) electrons. The minimum atomic E-state index is -0.275. The fourth-order valence-electron chi connectivity index (χ4n) is 5.01. The van der Waals surface area contributed by atoms with E-state index in [2.05, 4.69) is 27.7 Å². The Hall–Kier alpha value is -0.530. The van der Waals surface area contributed by atoms with Crippen molar-refractivity contribution < 1.29 is 9.53 Å². The molecule has 0 spiro atoms. The second-order valence-electron chi connectivity index (χ2n) is 7.97. The van der Waals surface area contributed by atoms with Crippen molar-refractivity contribution in [2.24, 2.45) is 28.6 Å². The fraction of sp³-hybridized carbons (Fsp3) is 0.938. The van der Waals surface area contributed by atoms with Crippen LogP contribution in [0.2, 0.25) is 0 Å². The van der Waals surface area contributed by atoms with Crippen LogP contribution >= 0.6 is 0 Å². The van der Waals surface area contributed by atoms with Gasteiger partial charge in [0.1, 0.15) is 6.10 Å². The molecule has 1 aliphatic heterocycles. The lowest BCUT2D eigenvalue weighted by molar-refractivity contribution is -0.152. The number of carbonyl (C=O) groups excluding carboxylic acids is 1. The summed E-state index contributed by atoms with van der Waals surface area (Å²) >= 11 is 0. The summed E-state index contributed by atoms with van der Waals surface area (Å²) in [7, 11) is 0. The highest BCUT2D eigenvalue weighted by Crippen LogP contribution is 2.60. The predicted octanol–water partition coefficient (Wildman–Crippen LogP) is 3.79. The summed E-state index contributed by atoms with van der Waals surface area (Å²) in [6.45, 7) is 8.80. The Morgan fingerprint density at radius 3 is 2.50 bits per heavy atom. The number of hydrogen-bond donors (Lipinski definition) is 0. The third-order valence-electron chi connectivity index (χ3n) is 5.91. The lowest BCUT2D eigenvalue weighted by atomic mass is 9.52. The van der Waals surface area contributed by atoms with Crippen LogP contribution in [0.3, 0.4) is 0 Å². The molecule has 2 nitrogen and oxygen atoms in total. The van der Waals surface area contributed by atoms with Gasteiger partial charge in [0.25, 0.3) is 0 Å². The van der Waals surface area contributed by atoms with Gasteiger partial charge in [0.2, 0.25) is 0 Å². The smallest absolute Gasteiger partial charge is 0.312 e. The molecule has 4 atom stereocenters. The first-order valence-corrected chi connectivity index (χ1v) is 7.55. The summed E-state index contributed by atoms with van der Waals surface area (Å²) in [5.74, 6) is 2.03. The second-order valence-corrected chi connectivity index (χ2v) is 7.97. The number of ether oxygens (including phenoxy) is 1. The molecular formula is C16H26O2. The molecule has 0 bridgehead atoms. The molecule has 0 aromatic carbocycles. The van der Waals surface area contributed by atoms with Gasteiger partial charge in [0.05, 0.1) is 5.41 Å². The zero-order chi connectivity index (χ0) is 13.1. The van der Waals surface area contributed by atoms with Gasteiger partial charge in [-0.25, -0.2) is 0 Å². The maximum Gasteiger partial charge on any atom is 0.312 e. The summed E-state index contributed by atoms with van der Waals surface area (Å²) in [5, 5.41) is 0. The Kier molecular flexibility index (Phi) is 2.60. The normalized spacial score (nSPS) is 45.0. The van der Waals surface area contributed by atoms with E-state index in [-0.39, 0.29) is 22.9 Å². The number of esters is 1. The standard InChI is InChI=1S/C16H26O2/c1-15(2)9-10-7-5-6-8-11(10)12-13(15)18-14(17)16(12,3)4/h10-13H,5-9H2,1-4H3. The van der Waals surface area contributed by atoms with Crippen molar-refractivity contribution in [1.29, 1.82) is 0 Å². The molecule has 2 heteroatoms. The lowest BCUT2D eigenvalue weighted by Gasteiger charge is -2.51. The highest BCUT2D eigenvalue weighted by molar-refractivity contribution is 5.79. The summed E-state index contributed by atoms with van der Waals surface area (Å²) < 4.78 is 5.81. The molecule has 0 N–H and O–H groups in total. The van der Waals surface area contributed by atoms with E-state index in [1.54, 1.807) is 0 Å². The van der Waals surface area contributed by atoms with Crippen molar-refractivity contribution >= 4 is 5.97 Å². The molecule has 102 valence electrons. The molecule has 4 unspecified atom stereocenters. The van der Waals surface area contributed by atoms with Gasteiger partial charge in [-0.05, 0) is 38.5 Å². The highest BCUT2D eigenvalue weighted by atomic mass is 16.6. The summed E-state index contributed by atoms with van der Waals surface area (Å²) in [6, 6.07) is 0. The van der Waals surface area contributed by atoms with E-state index in [9.17, 15) is 4.79 Å². The van der Waals surface area contributed by atoms with Crippen molar-refractivity contribution in [3.05, 3.63) is 0 Å². The third-order valence-corrected chi connectivity index (χ3v) is 5.91. The molecule has 3 fully saturated rings. The van der Waals surface area contributed by atoms with Crippen LogP contribution in [0, 0.1) is 28.6 Å². The Morgan fingerprint density at radius 2 is 1.78 bits per heavy atom. The van der Waals surface area contributed by atoms with Crippen molar-refractivity contribution in [2.75, 3.05) is 0 Å². The van der Waals surface area contributed by atoms with Crippen LogP contribution in [0.25, 0.3) is 0 Å². The molecule has 1 saturated heterocycles. The van der Waals surface area contributed by atoms with Crippen LogP contribution in [0.4, 0.5) is 0 Å². The first kappa shape index (κ1) is 12.5. The minimum absolute atomic E-state index is 0.0387. The monoisotopic (exact) mass is 250 g/mol. The molecule has 2 aliphatic carbocycles. The average Bonchev–Trinajstić information content (AvgIpc) is 2.52. The second kappa shape index (κ2) is 3.74. The molecule has 0 aromatic rings. The maximum absolute atomic E-state index is 12.2. The minimum Gasteiger partial charge on any atom is -0.461 e. The van der Waals surface area contributed by atoms with E-state index in [0.717, 1.165) is 11.8 Å². The molecule has 0 amide bonds. The van der Waals surface area contributed by atoms with Gasteiger partial charge in [0.15, 0.2) is 0 Å². The van der Waals surface area contributed by atoms with Gasteiger partial charge in [-0.15, -0.1) is 0 Å². The van der Waals surface area contributed by atoms with Crippen molar-refractivity contribution in [1.82, 2.24) is 0 Å². The van der Waals surface area contributed by atoms with Gasteiger partial charge in [-0.1, -0.05) is 33.1 Å². The molecule has 0 aromatic heterocycles. The quantitative estimate of drug-likeness (QED) is 0.611. The summed E-state index contributed by atoms with van der Waals surface area (Å²) in [5.41, 5.74) is -0.116. The fourth-order valence-corrected chi connectivity index (χ4v) is 5.01. The summed E-state index contributed by atoms with van der Waals surface area (Å²) in [4.78, 5) is 12.2. The van der Waals surface area contributed by atoms with Crippen molar-refractivity contribution in [3.8, 4) is 0 Å². The maximum atomic E-state index is 12.2. The molecule has 3 aliphatic rings. The van der Waals surface area contributed by atoms with E-state index in [1.165, 1.54) is 32.1 Å². The number of rotatable bonds is 0. The van der Waals surface area contributed by atoms with Crippen LogP contribution in [-0.2, 0) is 9.53 Å². The third kappa shape index (κ3) is 1.57. The first-order chi connectivity index (χ1) is 8.34.